The van der Waals surface area contributed by atoms with Crippen LogP contribution in [0.1, 0.15) is 95.6 Å². The molecule has 4 aromatic rings. The molecule has 0 saturated carbocycles. The lowest BCUT2D eigenvalue weighted by atomic mass is 9.99. The van der Waals surface area contributed by atoms with Crippen LogP contribution >= 0.6 is 0 Å². The SMILES string of the molecule is CCCC[C@H](NC(C)=O)C(=O)N[C@H]1CC(=O)NC(=O)[C@H](CCCCN)NC(=O)[C@H](Cc2c[nH]c3ccccc23)NC(=O)[C@H](CCCN=C(N)N)NC(=O)[C@@H](Cc2ccc3ccccc3c2)NC(=O)[C@@H]2CCCN2C1=O. The molecule has 0 unspecified atom stereocenters. The van der Waals surface area contributed by atoms with E-state index in [1.54, 1.807) is 6.20 Å². The van der Waals surface area contributed by atoms with Crippen molar-refractivity contribution >= 4 is 80.8 Å². The van der Waals surface area contributed by atoms with Crippen LogP contribution in [0.25, 0.3) is 21.7 Å². The number of unbranched alkanes of at least 4 members (excludes halogenated alkanes) is 2. The molecule has 2 saturated heterocycles. The monoisotopic (exact) mass is 1030 g/mol. The fraction of sp³-hybridized carbons (Fsp3) is 0.472. The molecule has 0 radical (unpaired) electrons. The molecule has 1 aromatic heterocycles. The van der Waals surface area contributed by atoms with Crippen LogP contribution in [0.2, 0.25) is 0 Å². The second kappa shape index (κ2) is 27.4. The van der Waals surface area contributed by atoms with Gasteiger partial charge in [0.2, 0.25) is 53.2 Å². The number of carbonyl (C=O) groups is 9. The molecule has 9 amide bonds. The Hall–Kier alpha value is -7.88. The number of nitrogens with one attached hydrogen (secondary N) is 8. The quantitative estimate of drug-likeness (QED) is 0.0280. The van der Waals surface area contributed by atoms with E-state index >= 15 is 0 Å². The molecular weight excluding hydrogens is 963 g/mol. The summed E-state index contributed by atoms with van der Waals surface area (Å²) in [5.41, 5.74) is 19.1. The molecule has 402 valence electrons. The Kier molecular flexibility index (Phi) is 20.6. The van der Waals surface area contributed by atoms with Crippen molar-refractivity contribution < 1.29 is 43.2 Å². The second-order valence-electron chi connectivity index (χ2n) is 19.2. The summed E-state index contributed by atoms with van der Waals surface area (Å²) >= 11 is 0. The van der Waals surface area contributed by atoms with Crippen LogP contribution in [-0.4, -0.2) is 131 Å². The molecule has 0 spiro atoms. The van der Waals surface area contributed by atoms with Gasteiger partial charge in [-0.25, -0.2) is 0 Å². The summed E-state index contributed by atoms with van der Waals surface area (Å²) in [6, 6.07) is 11.2. The molecule has 3 aromatic carbocycles. The molecule has 22 heteroatoms. The first kappa shape index (κ1) is 56.4. The molecule has 75 heavy (non-hydrogen) atoms. The maximum absolute atomic E-state index is 14.8. The van der Waals surface area contributed by atoms with Crippen molar-refractivity contribution in [3.8, 4) is 0 Å². The number of aromatic amines is 1. The molecule has 3 heterocycles. The van der Waals surface area contributed by atoms with Gasteiger partial charge in [-0.15, -0.1) is 0 Å². The Bertz CT molecular complexity index is 2740. The lowest BCUT2D eigenvalue weighted by Crippen LogP contribution is -2.61. The Balaban J connectivity index is 1.43. The van der Waals surface area contributed by atoms with Gasteiger partial charge in [0, 0.05) is 50.0 Å². The first-order valence-electron chi connectivity index (χ1n) is 25.8. The molecule has 0 aliphatic carbocycles. The number of rotatable bonds is 18. The number of hydrogen-bond donors (Lipinski definition) is 11. The van der Waals surface area contributed by atoms with Crippen molar-refractivity contribution in [2.75, 3.05) is 19.6 Å². The van der Waals surface area contributed by atoms with Crippen LogP contribution in [0.5, 0.6) is 0 Å². The number of carbonyl (C=O) groups excluding carboxylic acids is 9. The van der Waals surface area contributed by atoms with Gasteiger partial charge in [0.15, 0.2) is 5.96 Å². The van der Waals surface area contributed by atoms with Crippen LogP contribution < -0.4 is 54.4 Å². The first-order valence-corrected chi connectivity index (χ1v) is 25.8. The average Bonchev–Trinajstić information content (AvgIpc) is 4.05. The minimum Gasteiger partial charge on any atom is -0.370 e. The van der Waals surface area contributed by atoms with Crippen molar-refractivity contribution in [2.24, 2.45) is 22.2 Å². The van der Waals surface area contributed by atoms with Gasteiger partial charge in [0.25, 0.3) is 0 Å². The maximum Gasteiger partial charge on any atom is 0.249 e. The van der Waals surface area contributed by atoms with Crippen molar-refractivity contribution in [2.45, 2.75) is 140 Å². The number of guanidine groups is 1. The summed E-state index contributed by atoms with van der Waals surface area (Å²) < 4.78 is 0. The third kappa shape index (κ3) is 16.1. The highest BCUT2D eigenvalue weighted by Gasteiger charge is 2.41. The van der Waals surface area contributed by atoms with Crippen LogP contribution in [0.15, 0.2) is 77.9 Å². The van der Waals surface area contributed by atoms with E-state index in [0.717, 1.165) is 21.7 Å². The topological polar surface area (TPSA) is 347 Å². The predicted molar refractivity (Wildman–Crippen MR) is 282 cm³/mol. The zero-order valence-electron chi connectivity index (χ0n) is 42.6. The number of amides is 9. The number of aromatic nitrogens is 1. The lowest BCUT2D eigenvalue weighted by Gasteiger charge is -2.31. The predicted octanol–water partition coefficient (Wildman–Crippen LogP) is 0.445. The fourth-order valence-corrected chi connectivity index (χ4v) is 9.52. The van der Waals surface area contributed by atoms with Crippen LogP contribution in [-0.2, 0) is 56.0 Å². The number of fused-ring (bicyclic) bond motifs is 3. The number of H-pyrrole nitrogens is 1. The van der Waals surface area contributed by atoms with Gasteiger partial charge in [0.05, 0.1) is 6.42 Å². The van der Waals surface area contributed by atoms with Gasteiger partial charge in [-0.3, -0.25) is 53.5 Å². The lowest BCUT2D eigenvalue weighted by molar-refractivity contribution is -0.144. The number of para-hydroxylation sites is 1. The van der Waals surface area contributed by atoms with Crippen LogP contribution in [0.3, 0.4) is 0 Å². The van der Waals surface area contributed by atoms with E-state index in [-0.39, 0.29) is 70.5 Å². The molecule has 0 bridgehead atoms. The zero-order chi connectivity index (χ0) is 54.0. The highest BCUT2D eigenvalue weighted by Crippen LogP contribution is 2.23. The number of hydrogen-bond acceptors (Lipinski definition) is 11. The van der Waals surface area contributed by atoms with Crippen molar-refractivity contribution in [3.05, 3.63) is 84.1 Å². The van der Waals surface area contributed by atoms with Gasteiger partial charge in [-0.2, -0.15) is 0 Å². The molecule has 2 aliphatic heterocycles. The van der Waals surface area contributed by atoms with E-state index in [0.29, 0.717) is 43.2 Å². The number of nitrogens with zero attached hydrogens (tertiary/aromatic N) is 2. The highest BCUT2D eigenvalue weighted by atomic mass is 16.2. The van der Waals surface area contributed by atoms with E-state index in [1.807, 2.05) is 73.7 Å². The molecule has 7 atom stereocenters. The number of imide groups is 1. The summed E-state index contributed by atoms with van der Waals surface area (Å²) in [5, 5.41) is 21.4. The summed E-state index contributed by atoms with van der Waals surface area (Å²) in [5.74, 6) is -7.25. The Labute approximate surface area is 435 Å². The van der Waals surface area contributed by atoms with Gasteiger partial charge in [-0.1, -0.05) is 80.4 Å². The van der Waals surface area contributed by atoms with E-state index < -0.39 is 102 Å². The number of benzene rings is 3. The summed E-state index contributed by atoms with van der Waals surface area (Å²) in [4.78, 5) is 136. The molecule has 2 fully saturated rings. The molecule has 14 N–H and O–H groups in total. The molecule has 6 rings (SSSR count). The summed E-state index contributed by atoms with van der Waals surface area (Å²) in [6.45, 7) is 3.52. The van der Waals surface area contributed by atoms with Gasteiger partial charge >= 0.3 is 0 Å². The second-order valence-corrected chi connectivity index (χ2v) is 19.2. The van der Waals surface area contributed by atoms with Crippen molar-refractivity contribution in [1.82, 2.24) is 47.1 Å². The Morgan fingerprint density at radius 2 is 1.41 bits per heavy atom. The zero-order valence-corrected chi connectivity index (χ0v) is 42.6. The molecule has 2 aliphatic rings. The largest absolute Gasteiger partial charge is 0.370 e. The molecule has 22 nitrogen and oxygen atoms in total. The standard InChI is InChI=1S/C53H71N13O9/c1-3-4-16-38(59-31(2)67)46(69)64-43-29-45(68)65-48(71)39(18-9-10-23-54)60-50(73)42(28-35-30-58-37-17-8-7-15-36(35)37)62-47(70)40(19-11-24-57-53(55)56)61-49(72)41(63-51(74)44-20-12-25-66(44)52(43)75)27-32-21-22-33-13-5-6-14-34(33)26-32/h5-8,13-15,17,21-22,26,30,38-44,58H,3-4,9-12,16,18-20,23-25,27-29,54H2,1-2H3,(H,59,67)(H,60,73)(H,61,72)(H,62,70)(H,63,74)(H,64,69)(H4,55,56,57)(H,65,68,71)/t38-,39-,40-,41+,42-,43-,44-/m0/s1. The van der Waals surface area contributed by atoms with E-state index in [9.17, 15) is 43.2 Å². The normalized spacial score (nSPS) is 21.7. The van der Waals surface area contributed by atoms with E-state index in [1.165, 1.54) is 11.8 Å². The maximum atomic E-state index is 14.8. The van der Waals surface area contributed by atoms with E-state index in [2.05, 4.69) is 47.2 Å². The molecular formula is C53H71N13O9. The van der Waals surface area contributed by atoms with Gasteiger partial charge in [0.1, 0.15) is 42.3 Å². The minimum atomic E-state index is -1.64. The Morgan fingerprint density at radius 3 is 2.13 bits per heavy atom. The summed E-state index contributed by atoms with van der Waals surface area (Å²) in [6.07, 6.45) is 3.65. The number of nitrogens with two attached hydrogens (primary N) is 3. The van der Waals surface area contributed by atoms with Crippen LogP contribution in [0, 0.1) is 0 Å². The third-order valence-corrected chi connectivity index (χ3v) is 13.4. The first-order chi connectivity index (χ1) is 36.0. The average molecular weight is 1030 g/mol. The third-order valence-electron chi connectivity index (χ3n) is 13.4. The Morgan fingerprint density at radius 1 is 0.760 bits per heavy atom. The van der Waals surface area contributed by atoms with E-state index in [4.69, 9.17) is 17.2 Å². The van der Waals surface area contributed by atoms with Gasteiger partial charge in [-0.05, 0) is 85.9 Å². The van der Waals surface area contributed by atoms with Crippen LogP contribution in [0.4, 0.5) is 0 Å². The summed E-state index contributed by atoms with van der Waals surface area (Å²) in [7, 11) is 0. The highest BCUT2D eigenvalue weighted by molar-refractivity contribution is 6.03. The smallest absolute Gasteiger partial charge is 0.249 e. The number of aliphatic imine (C=N–C) groups is 1. The van der Waals surface area contributed by atoms with Gasteiger partial charge < -0.3 is 59.0 Å². The van der Waals surface area contributed by atoms with Crippen molar-refractivity contribution in [1.29, 1.82) is 0 Å². The minimum absolute atomic E-state index is 0.0113. The van der Waals surface area contributed by atoms with Crippen molar-refractivity contribution in [3.63, 3.8) is 0 Å². The fourth-order valence-electron chi connectivity index (χ4n) is 9.52.